The number of likely N-dealkylation sites (tertiary alicyclic amines) is 1. The van der Waals surface area contributed by atoms with Gasteiger partial charge in [0.15, 0.2) is 0 Å². The summed E-state index contributed by atoms with van der Waals surface area (Å²) in [6.07, 6.45) is 6.42. The molecule has 3 aliphatic rings. The molecule has 1 aliphatic carbocycles. The maximum atomic E-state index is 12.6. The molecule has 0 bridgehead atoms. The molecule has 1 unspecified atom stereocenters. The minimum Gasteiger partial charge on any atom is -0.481 e. The third kappa shape index (κ3) is 6.46. The number of rotatable bonds is 6. The van der Waals surface area contributed by atoms with Crippen molar-refractivity contribution in [2.24, 2.45) is 5.41 Å². The summed E-state index contributed by atoms with van der Waals surface area (Å²) in [5.74, 6) is 1.15. The van der Waals surface area contributed by atoms with Crippen LogP contribution < -0.4 is 4.74 Å². The fourth-order valence-corrected chi connectivity index (χ4v) is 7.01. The van der Waals surface area contributed by atoms with Crippen LogP contribution in [0.3, 0.4) is 0 Å². The van der Waals surface area contributed by atoms with Gasteiger partial charge in [-0.1, -0.05) is 44.2 Å². The van der Waals surface area contributed by atoms with Gasteiger partial charge in [-0.15, -0.1) is 0 Å². The average molecular weight is 549 g/mol. The molecule has 1 spiro atoms. The predicted molar refractivity (Wildman–Crippen MR) is 159 cm³/mol. The lowest BCUT2D eigenvalue weighted by atomic mass is 9.59. The van der Waals surface area contributed by atoms with Crippen LogP contribution in [0.25, 0.3) is 0 Å². The number of aromatic nitrogens is 1. The van der Waals surface area contributed by atoms with Gasteiger partial charge in [-0.3, -0.25) is 9.80 Å². The van der Waals surface area contributed by atoms with Gasteiger partial charge >= 0.3 is 6.09 Å². The van der Waals surface area contributed by atoms with Gasteiger partial charge in [0.2, 0.25) is 5.88 Å². The number of benzene rings is 1. The highest BCUT2D eigenvalue weighted by molar-refractivity contribution is 5.68. The van der Waals surface area contributed by atoms with E-state index in [4.69, 9.17) is 9.47 Å². The first-order valence-corrected chi connectivity index (χ1v) is 15.1. The molecule has 1 atom stereocenters. The Bertz CT molecular complexity index is 1140. The smallest absolute Gasteiger partial charge is 0.410 e. The highest BCUT2D eigenvalue weighted by Gasteiger charge is 2.50. The van der Waals surface area contributed by atoms with Crippen molar-refractivity contribution < 1.29 is 14.3 Å². The number of methoxy groups -OCH3 is 1. The Morgan fingerprint density at radius 1 is 1.05 bits per heavy atom. The van der Waals surface area contributed by atoms with Crippen LogP contribution in [-0.4, -0.2) is 77.3 Å². The van der Waals surface area contributed by atoms with Gasteiger partial charge in [0, 0.05) is 63.6 Å². The molecular formula is C33H48N4O3. The number of amides is 1. The van der Waals surface area contributed by atoms with Crippen LogP contribution in [-0.2, 0) is 11.3 Å². The summed E-state index contributed by atoms with van der Waals surface area (Å²) in [6.45, 7) is 16.1. The van der Waals surface area contributed by atoms with E-state index in [0.717, 1.165) is 52.1 Å². The van der Waals surface area contributed by atoms with Gasteiger partial charge in [0.05, 0.1) is 7.11 Å². The van der Waals surface area contributed by atoms with Crippen LogP contribution in [0.4, 0.5) is 4.79 Å². The van der Waals surface area contributed by atoms with Crippen LogP contribution in [0, 0.1) is 5.41 Å². The molecule has 7 heteroatoms. The summed E-state index contributed by atoms with van der Waals surface area (Å²) in [4.78, 5) is 24.4. The van der Waals surface area contributed by atoms with Gasteiger partial charge in [0.25, 0.3) is 0 Å². The molecule has 3 fully saturated rings. The summed E-state index contributed by atoms with van der Waals surface area (Å²) < 4.78 is 10.9. The van der Waals surface area contributed by atoms with Gasteiger partial charge in [0.1, 0.15) is 5.60 Å². The zero-order valence-electron chi connectivity index (χ0n) is 25.4. The number of carbonyl (C=O) groups is 1. The molecule has 2 aromatic rings. The number of piperidine rings is 1. The molecule has 1 aromatic heterocycles. The monoisotopic (exact) mass is 548 g/mol. The second-order valence-corrected chi connectivity index (χ2v) is 13.5. The van der Waals surface area contributed by atoms with E-state index in [2.05, 4.69) is 59.0 Å². The Morgan fingerprint density at radius 2 is 1.77 bits per heavy atom. The van der Waals surface area contributed by atoms with E-state index in [1.165, 1.54) is 29.5 Å². The van der Waals surface area contributed by atoms with Gasteiger partial charge in [-0.2, -0.15) is 0 Å². The van der Waals surface area contributed by atoms with Crippen LogP contribution >= 0.6 is 0 Å². The van der Waals surface area contributed by atoms with E-state index < -0.39 is 5.60 Å². The van der Waals surface area contributed by atoms with Crippen molar-refractivity contribution in [2.75, 3.05) is 39.8 Å². The van der Waals surface area contributed by atoms with Crippen molar-refractivity contribution in [3.63, 3.8) is 0 Å². The Balaban J connectivity index is 1.27. The van der Waals surface area contributed by atoms with Crippen molar-refractivity contribution in [1.82, 2.24) is 19.7 Å². The number of hydrogen-bond donors (Lipinski definition) is 0. The first-order chi connectivity index (χ1) is 19.1. The molecule has 7 nitrogen and oxygen atoms in total. The van der Waals surface area contributed by atoms with E-state index in [1.54, 1.807) is 7.11 Å². The number of piperazine rings is 1. The van der Waals surface area contributed by atoms with E-state index in [1.807, 2.05) is 37.9 Å². The topological polar surface area (TPSA) is 58.1 Å². The molecule has 0 N–H and O–H groups in total. The van der Waals surface area contributed by atoms with Crippen LogP contribution in [0.2, 0.25) is 0 Å². The van der Waals surface area contributed by atoms with E-state index in [0.29, 0.717) is 29.3 Å². The van der Waals surface area contributed by atoms with Crippen molar-refractivity contribution in [1.29, 1.82) is 0 Å². The van der Waals surface area contributed by atoms with Crippen molar-refractivity contribution in [2.45, 2.75) is 90.4 Å². The molecule has 1 saturated carbocycles. The maximum absolute atomic E-state index is 12.6. The predicted octanol–water partition coefficient (Wildman–Crippen LogP) is 6.25. The number of ether oxygens (including phenoxy) is 2. The van der Waals surface area contributed by atoms with Gasteiger partial charge < -0.3 is 14.4 Å². The van der Waals surface area contributed by atoms with E-state index in [-0.39, 0.29) is 6.09 Å². The molecule has 3 heterocycles. The summed E-state index contributed by atoms with van der Waals surface area (Å²) in [5, 5.41) is 0. The fraction of sp³-hybridized carbons (Fsp3) is 0.636. The summed E-state index contributed by atoms with van der Waals surface area (Å²) in [5.41, 5.74) is 4.10. The maximum Gasteiger partial charge on any atom is 0.410 e. The summed E-state index contributed by atoms with van der Waals surface area (Å²) in [7, 11) is 1.66. The van der Waals surface area contributed by atoms with Gasteiger partial charge in [-0.25, -0.2) is 9.78 Å². The van der Waals surface area contributed by atoms with Crippen LogP contribution in [0.1, 0.15) is 89.0 Å². The van der Waals surface area contributed by atoms with Crippen LogP contribution in [0.15, 0.2) is 42.6 Å². The third-order valence-corrected chi connectivity index (χ3v) is 9.18. The van der Waals surface area contributed by atoms with E-state index >= 15 is 0 Å². The Labute approximate surface area is 240 Å². The SMILES string of the molecule is COc1ccc(CN2CCN(C3CC4(CCN(C(=O)OC(C)(C)C)CC4)C3)C(c3ccccc3C(C)C)C2)cn1. The fourth-order valence-electron chi connectivity index (χ4n) is 7.01. The molecule has 0 radical (unpaired) electrons. The van der Waals surface area contributed by atoms with Crippen LogP contribution in [0.5, 0.6) is 5.88 Å². The Kier molecular flexibility index (Phi) is 8.44. The number of hydrogen-bond acceptors (Lipinski definition) is 6. The molecule has 218 valence electrons. The zero-order chi connectivity index (χ0) is 28.5. The lowest BCUT2D eigenvalue weighted by Crippen LogP contribution is -2.60. The first kappa shape index (κ1) is 28.9. The number of carbonyl (C=O) groups excluding carboxylic acids is 1. The minimum atomic E-state index is -0.443. The number of pyridine rings is 1. The zero-order valence-corrected chi connectivity index (χ0v) is 25.4. The highest BCUT2D eigenvalue weighted by Crippen LogP contribution is 2.53. The van der Waals surface area contributed by atoms with Crippen molar-refractivity contribution >= 4 is 6.09 Å². The molecular weight excluding hydrogens is 500 g/mol. The third-order valence-electron chi connectivity index (χ3n) is 9.18. The first-order valence-electron chi connectivity index (χ1n) is 15.1. The molecule has 40 heavy (non-hydrogen) atoms. The Morgan fingerprint density at radius 3 is 2.40 bits per heavy atom. The van der Waals surface area contributed by atoms with E-state index in [9.17, 15) is 4.79 Å². The molecule has 1 amide bonds. The summed E-state index contributed by atoms with van der Waals surface area (Å²) in [6, 6.07) is 14.1. The summed E-state index contributed by atoms with van der Waals surface area (Å²) >= 11 is 0. The second-order valence-electron chi connectivity index (χ2n) is 13.5. The molecule has 2 saturated heterocycles. The molecule has 5 rings (SSSR count). The lowest BCUT2D eigenvalue weighted by molar-refractivity contribution is -0.0782. The highest BCUT2D eigenvalue weighted by atomic mass is 16.6. The van der Waals surface area contributed by atoms with Gasteiger partial charge in [-0.05, 0) is 74.5 Å². The average Bonchev–Trinajstić information content (AvgIpc) is 2.91. The van der Waals surface area contributed by atoms with Crippen molar-refractivity contribution in [3.05, 3.63) is 59.3 Å². The Hall–Kier alpha value is -2.64. The molecule has 2 aliphatic heterocycles. The quantitative estimate of drug-likeness (QED) is 0.425. The van der Waals surface area contributed by atoms with Crippen molar-refractivity contribution in [3.8, 4) is 5.88 Å². The lowest BCUT2D eigenvalue weighted by Gasteiger charge is -2.58. The molecule has 1 aromatic carbocycles. The number of nitrogens with zero attached hydrogens (tertiary/aromatic N) is 4. The minimum absolute atomic E-state index is 0.160. The standard InChI is InChI=1S/C33H48N4O3/c1-24(2)27-9-7-8-10-28(27)29-23-35(22-25-11-12-30(39-6)34-21-25)17-18-37(29)26-19-33(20-26)13-15-36(16-14-33)31(38)40-32(3,4)5/h7-12,21,24,26,29H,13-20,22-23H2,1-6H3. The largest absolute Gasteiger partial charge is 0.481 e. The normalized spacial score (nSPS) is 22.4. The second kappa shape index (κ2) is 11.7.